The van der Waals surface area contributed by atoms with Crippen LogP contribution in [-0.4, -0.2) is 11.5 Å². The highest BCUT2D eigenvalue weighted by molar-refractivity contribution is 5.27. The summed E-state index contributed by atoms with van der Waals surface area (Å²) >= 11 is 0. The van der Waals surface area contributed by atoms with Crippen LogP contribution in [-0.2, 0) is 6.18 Å². The molecular formula is C9H9F3N2. The molecule has 1 aromatic rings. The van der Waals surface area contributed by atoms with Crippen molar-refractivity contribution < 1.29 is 13.2 Å². The van der Waals surface area contributed by atoms with Crippen LogP contribution in [0.3, 0.4) is 0 Å². The Morgan fingerprint density at radius 3 is 2.64 bits per heavy atom. The highest BCUT2D eigenvalue weighted by Gasteiger charge is 2.37. The minimum absolute atomic E-state index is 0.180. The van der Waals surface area contributed by atoms with Crippen molar-refractivity contribution in [3.05, 3.63) is 29.6 Å². The Morgan fingerprint density at radius 1 is 1.43 bits per heavy atom. The summed E-state index contributed by atoms with van der Waals surface area (Å²) in [4.78, 5) is 3.39. The zero-order chi connectivity index (χ0) is 10.2. The maximum Gasteiger partial charge on any atom is 0.433 e. The van der Waals surface area contributed by atoms with E-state index in [4.69, 9.17) is 0 Å². The molecule has 0 amide bonds. The summed E-state index contributed by atoms with van der Waals surface area (Å²) in [5.74, 6) is 0. The van der Waals surface area contributed by atoms with Crippen LogP contribution in [0.5, 0.6) is 0 Å². The molecule has 1 aliphatic heterocycles. The Hall–Kier alpha value is -1.10. The third-order valence-electron chi connectivity index (χ3n) is 2.31. The third-order valence-corrected chi connectivity index (χ3v) is 2.31. The predicted molar refractivity (Wildman–Crippen MR) is 44.6 cm³/mol. The van der Waals surface area contributed by atoms with Crippen LogP contribution in [0.25, 0.3) is 0 Å². The lowest BCUT2D eigenvalue weighted by Gasteiger charge is -2.29. The van der Waals surface area contributed by atoms with Crippen molar-refractivity contribution in [2.75, 3.05) is 6.54 Å². The van der Waals surface area contributed by atoms with Crippen molar-refractivity contribution in [1.29, 1.82) is 0 Å². The molecule has 0 saturated carbocycles. The first-order valence-corrected chi connectivity index (χ1v) is 4.34. The summed E-state index contributed by atoms with van der Waals surface area (Å²) in [7, 11) is 0. The van der Waals surface area contributed by atoms with Gasteiger partial charge in [-0.1, -0.05) is 6.07 Å². The molecule has 1 aromatic heterocycles. The molecule has 76 valence electrons. The van der Waals surface area contributed by atoms with Crippen LogP contribution in [0.15, 0.2) is 18.3 Å². The normalized spacial score (nSPS) is 21.8. The Morgan fingerprint density at radius 2 is 2.14 bits per heavy atom. The molecule has 14 heavy (non-hydrogen) atoms. The van der Waals surface area contributed by atoms with Gasteiger partial charge in [-0.3, -0.25) is 4.98 Å². The van der Waals surface area contributed by atoms with E-state index in [1.807, 2.05) is 0 Å². The molecule has 0 aromatic carbocycles. The van der Waals surface area contributed by atoms with Crippen LogP contribution < -0.4 is 5.32 Å². The van der Waals surface area contributed by atoms with E-state index in [2.05, 4.69) is 10.3 Å². The Bertz CT molecular complexity index is 331. The molecule has 1 unspecified atom stereocenters. The van der Waals surface area contributed by atoms with Crippen molar-refractivity contribution in [3.63, 3.8) is 0 Å². The number of rotatable bonds is 1. The summed E-state index contributed by atoms with van der Waals surface area (Å²) in [5.41, 5.74) is -0.511. The van der Waals surface area contributed by atoms with E-state index < -0.39 is 11.9 Å². The lowest BCUT2D eigenvalue weighted by atomic mass is 9.96. The van der Waals surface area contributed by atoms with Crippen molar-refractivity contribution in [1.82, 2.24) is 10.3 Å². The summed E-state index contributed by atoms with van der Waals surface area (Å²) in [6.07, 6.45) is -2.44. The fourth-order valence-corrected chi connectivity index (χ4v) is 1.49. The van der Waals surface area contributed by atoms with Crippen molar-refractivity contribution in [3.8, 4) is 0 Å². The second-order valence-corrected chi connectivity index (χ2v) is 3.23. The largest absolute Gasteiger partial charge is 0.433 e. The third kappa shape index (κ3) is 1.59. The molecule has 0 spiro atoms. The first-order chi connectivity index (χ1) is 6.59. The molecule has 1 saturated heterocycles. The maximum atomic E-state index is 12.5. The number of hydrogen-bond acceptors (Lipinski definition) is 2. The zero-order valence-corrected chi connectivity index (χ0v) is 7.30. The van der Waals surface area contributed by atoms with Gasteiger partial charge < -0.3 is 5.32 Å². The van der Waals surface area contributed by atoms with Crippen LogP contribution in [0.4, 0.5) is 13.2 Å². The maximum absolute atomic E-state index is 12.5. The number of nitrogens with one attached hydrogen (secondary N) is 1. The van der Waals surface area contributed by atoms with E-state index in [-0.39, 0.29) is 11.6 Å². The molecule has 0 radical (unpaired) electrons. The summed E-state index contributed by atoms with van der Waals surface area (Å²) in [6.45, 7) is 0.775. The van der Waals surface area contributed by atoms with Gasteiger partial charge in [0, 0.05) is 12.2 Å². The van der Waals surface area contributed by atoms with Gasteiger partial charge in [-0.05, 0) is 24.6 Å². The second kappa shape index (κ2) is 3.24. The topological polar surface area (TPSA) is 24.9 Å². The van der Waals surface area contributed by atoms with Crippen molar-refractivity contribution >= 4 is 0 Å². The molecule has 5 heteroatoms. The predicted octanol–water partition coefficient (Wildman–Crippen LogP) is 2.13. The van der Waals surface area contributed by atoms with Crippen molar-refractivity contribution in [2.24, 2.45) is 0 Å². The number of nitrogens with zero attached hydrogens (tertiary/aromatic N) is 1. The molecule has 1 N–H and O–H groups in total. The van der Waals surface area contributed by atoms with Gasteiger partial charge >= 0.3 is 6.18 Å². The standard InChI is InChI=1S/C9H9F3N2/c10-9(11,12)8-6(2-1-4-14-8)7-3-5-13-7/h1-2,4,7,13H,3,5H2. The highest BCUT2D eigenvalue weighted by atomic mass is 19.4. The number of alkyl halides is 3. The van der Waals surface area contributed by atoms with E-state index in [9.17, 15) is 13.2 Å². The van der Waals surface area contributed by atoms with Gasteiger partial charge in [-0.25, -0.2) is 0 Å². The van der Waals surface area contributed by atoms with Gasteiger partial charge in [0.1, 0.15) is 5.69 Å². The van der Waals surface area contributed by atoms with E-state index in [0.717, 1.165) is 13.0 Å². The van der Waals surface area contributed by atoms with E-state index in [1.54, 1.807) is 0 Å². The molecule has 2 heterocycles. The fourth-order valence-electron chi connectivity index (χ4n) is 1.49. The summed E-state index contributed by atoms with van der Waals surface area (Å²) in [6, 6.07) is 2.83. The molecule has 2 nitrogen and oxygen atoms in total. The Labute approximate surface area is 79.2 Å². The lowest BCUT2D eigenvalue weighted by molar-refractivity contribution is -0.142. The Kier molecular flexibility index (Phi) is 2.19. The molecule has 0 aliphatic carbocycles. The molecule has 1 aliphatic rings. The monoisotopic (exact) mass is 202 g/mol. The number of hydrogen-bond donors (Lipinski definition) is 1. The van der Waals surface area contributed by atoms with Crippen LogP contribution >= 0.6 is 0 Å². The molecular weight excluding hydrogens is 193 g/mol. The molecule has 1 fully saturated rings. The quantitative estimate of drug-likeness (QED) is 0.754. The molecule has 1 atom stereocenters. The van der Waals surface area contributed by atoms with Crippen LogP contribution in [0, 0.1) is 0 Å². The smallest absolute Gasteiger partial charge is 0.310 e. The average Bonchev–Trinajstić information content (AvgIpc) is 2.00. The van der Waals surface area contributed by atoms with Gasteiger partial charge in [0.2, 0.25) is 0 Å². The van der Waals surface area contributed by atoms with E-state index in [0.29, 0.717) is 0 Å². The minimum Gasteiger partial charge on any atom is -0.310 e. The lowest BCUT2D eigenvalue weighted by Crippen LogP contribution is -2.36. The number of aromatic nitrogens is 1. The fraction of sp³-hybridized carbons (Fsp3) is 0.444. The van der Waals surface area contributed by atoms with Gasteiger partial charge in [0.05, 0.1) is 0 Å². The Balaban J connectivity index is 2.38. The van der Waals surface area contributed by atoms with E-state index >= 15 is 0 Å². The highest BCUT2D eigenvalue weighted by Crippen LogP contribution is 2.35. The molecule has 0 bridgehead atoms. The minimum atomic E-state index is -4.35. The first kappa shape index (κ1) is 9.45. The van der Waals surface area contributed by atoms with Gasteiger partial charge in [-0.15, -0.1) is 0 Å². The van der Waals surface area contributed by atoms with Crippen LogP contribution in [0.2, 0.25) is 0 Å². The summed E-state index contributed by atoms with van der Waals surface area (Å²) in [5, 5.41) is 2.93. The van der Waals surface area contributed by atoms with Gasteiger partial charge in [0.25, 0.3) is 0 Å². The van der Waals surface area contributed by atoms with Gasteiger partial charge in [0.15, 0.2) is 0 Å². The number of pyridine rings is 1. The average molecular weight is 202 g/mol. The zero-order valence-electron chi connectivity index (χ0n) is 7.30. The van der Waals surface area contributed by atoms with E-state index in [1.165, 1.54) is 18.3 Å². The SMILES string of the molecule is FC(F)(F)c1ncccc1C1CCN1. The second-order valence-electron chi connectivity index (χ2n) is 3.23. The summed E-state index contributed by atoms with van der Waals surface area (Å²) < 4.78 is 37.4. The van der Waals surface area contributed by atoms with Crippen LogP contribution in [0.1, 0.15) is 23.7 Å². The molecule has 2 rings (SSSR count). The first-order valence-electron chi connectivity index (χ1n) is 4.34. The van der Waals surface area contributed by atoms with Crippen molar-refractivity contribution in [2.45, 2.75) is 18.6 Å². The number of halogens is 3. The van der Waals surface area contributed by atoms with Gasteiger partial charge in [-0.2, -0.15) is 13.2 Å².